The van der Waals surface area contributed by atoms with Crippen molar-refractivity contribution >= 4 is 11.8 Å². The van der Waals surface area contributed by atoms with Gasteiger partial charge in [0.2, 0.25) is 0 Å². The van der Waals surface area contributed by atoms with Crippen LogP contribution in [0.2, 0.25) is 0 Å². The summed E-state index contributed by atoms with van der Waals surface area (Å²) in [6.45, 7) is 1.50. The molecule has 5 nitrogen and oxygen atoms in total. The molecule has 0 aliphatic heterocycles. The van der Waals surface area contributed by atoms with Crippen molar-refractivity contribution in [2.45, 2.75) is 0 Å². The van der Waals surface area contributed by atoms with Crippen LogP contribution in [0, 0.1) is 0 Å². The average molecular weight is 209 g/mol. The summed E-state index contributed by atoms with van der Waals surface area (Å²) in [6, 6.07) is 3.18. The Labute approximate surface area is 88.7 Å². The zero-order valence-electron chi connectivity index (χ0n) is 8.90. The smallest absolute Gasteiger partial charge is 0.339 e. The van der Waals surface area contributed by atoms with Gasteiger partial charge in [-0.15, -0.1) is 0 Å². The number of pyridine rings is 1. The molecular formula is C10H15N3O2. The largest absolute Gasteiger partial charge is 0.478 e. The summed E-state index contributed by atoms with van der Waals surface area (Å²) in [7, 11) is 3.68. The standard InChI is InChI=1S/C10H15N3O2/c1-11-6-7-13(2)9-8(10(14)15)4-3-5-12-9/h3-5,11H,6-7H2,1-2H3,(H,14,15). The topological polar surface area (TPSA) is 65.5 Å². The van der Waals surface area contributed by atoms with E-state index in [0.717, 1.165) is 6.54 Å². The second-order valence-electron chi connectivity index (χ2n) is 3.20. The van der Waals surface area contributed by atoms with E-state index >= 15 is 0 Å². The Morgan fingerprint density at radius 2 is 2.40 bits per heavy atom. The van der Waals surface area contributed by atoms with Gasteiger partial charge in [-0.25, -0.2) is 9.78 Å². The molecule has 0 atom stereocenters. The second kappa shape index (κ2) is 5.31. The quantitative estimate of drug-likeness (QED) is 0.736. The number of aromatic carboxylic acids is 1. The van der Waals surface area contributed by atoms with Gasteiger partial charge in [-0.2, -0.15) is 0 Å². The average Bonchev–Trinajstić information content (AvgIpc) is 2.25. The first-order valence-electron chi connectivity index (χ1n) is 4.71. The lowest BCUT2D eigenvalue weighted by atomic mass is 10.2. The maximum atomic E-state index is 10.9. The Morgan fingerprint density at radius 1 is 1.67 bits per heavy atom. The number of hydrogen-bond donors (Lipinski definition) is 2. The lowest BCUT2D eigenvalue weighted by molar-refractivity contribution is 0.0697. The zero-order valence-corrected chi connectivity index (χ0v) is 8.90. The molecule has 0 aliphatic rings. The van der Waals surface area contributed by atoms with Crippen LogP contribution in [0.25, 0.3) is 0 Å². The summed E-state index contributed by atoms with van der Waals surface area (Å²) in [6.07, 6.45) is 1.59. The number of carboxylic acid groups (broad SMARTS) is 1. The van der Waals surface area contributed by atoms with Crippen molar-refractivity contribution in [2.24, 2.45) is 0 Å². The predicted molar refractivity (Wildman–Crippen MR) is 58.4 cm³/mol. The van der Waals surface area contributed by atoms with Crippen LogP contribution in [0.4, 0.5) is 5.82 Å². The summed E-state index contributed by atoms with van der Waals surface area (Å²) in [5.74, 6) is -0.449. The molecule has 0 fully saturated rings. The third kappa shape index (κ3) is 2.92. The SMILES string of the molecule is CNCCN(C)c1ncccc1C(=O)O. The summed E-state index contributed by atoms with van der Waals surface area (Å²) < 4.78 is 0. The Morgan fingerprint density at radius 3 is 3.00 bits per heavy atom. The van der Waals surface area contributed by atoms with Crippen LogP contribution in [-0.4, -0.2) is 43.2 Å². The maximum absolute atomic E-state index is 10.9. The highest BCUT2D eigenvalue weighted by molar-refractivity contribution is 5.93. The van der Waals surface area contributed by atoms with Crippen molar-refractivity contribution in [2.75, 3.05) is 32.1 Å². The normalized spacial score (nSPS) is 10.0. The minimum atomic E-state index is -0.950. The summed E-state index contributed by atoms with van der Waals surface area (Å²) in [5.41, 5.74) is 0.233. The number of carboxylic acids is 1. The molecule has 0 aromatic carbocycles. The molecule has 0 amide bonds. The summed E-state index contributed by atoms with van der Waals surface area (Å²) >= 11 is 0. The van der Waals surface area contributed by atoms with Crippen molar-refractivity contribution in [3.05, 3.63) is 23.9 Å². The number of hydrogen-bond acceptors (Lipinski definition) is 4. The van der Waals surface area contributed by atoms with Gasteiger partial charge in [-0.05, 0) is 19.2 Å². The van der Waals surface area contributed by atoms with E-state index in [9.17, 15) is 4.79 Å². The van der Waals surface area contributed by atoms with E-state index in [1.54, 1.807) is 18.3 Å². The van der Waals surface area contributed by atoms with Gasteiger partial charge in [0, 0.05) is 26.3 Å². The number of carbonyl (C=O) groups is 1. The van der Waals surface area contributed by atoms with Gasteiger partial charge >= 0.3 is 5.97 Å². The number of rotatable bonds is 5. The zero-order chi connectivity index (χ0) is 11.3. The maximum Gasteiger partial charge on any atom is 0.339 e. The van der Waals surface area contributed by atoms with Gasteiger partial charge in [0.1, 0.15) is 11.4 Å². The molecule has 0 spiro atoms. The Bertz CT molecular complexity index is 341. The van der Waals surface area contributed by atoms with E-state index in [1.165, 1.54) is 0 Å². The lowest BCUT2D eigenvalue weighted by Gasteiger charge is -2.19. The monoisotopic (exact) mass is 209 g/mol. The first-order valence-corrected chi connectivity index (χ1v) is 4.71. The van der Waals surface area contributed by atoms with Crippen LogP contribution in [0.3, 0.4) is 0 Å². The third-order valence-electron chi connectivity index (χ3n) is 2.08. The molecule has 0 saturated heterocycles. The van der Waals surface area contributed by atoms with Crippen molar-refractivity contribution in [1.82, 2.24) is 10.3 Å². The van der Waals surface area contributed by atoms with Gasteiger partial charge in [-0.1, -0.05) is 0 Å². The van der Waals surface area contributed by atoms with Gasteiger partial charge in [-0.3, -0.25) is 0 Å². The molecular weight excluding hydrogens is 194 g/mol. The van der Waals surface area contributed by atoms with E-state index in [4.69, 9.17) is 5.11 Å². The first kappa shape index (κ1) is 11.5. The lowest BCUT2D eigenvalue weighted by Crippen LogP contribution is -2.29. The Balaban J connectivity index is 2.87. The van der Waals surface area contributed by atoms with Gasteiger partial charge in [0.15, 0.2) is 0 Å². The fourth-order valence-electron chi connectivity index (χ4n) is 1.25. The molecule has 0 bridgehead atoms. The molecule has 82 valence electrons. The second-order valence-corrected chi connectivity index (χ2v) is 3.20. The van der Waals surface area contributed by atoms with Crippen LogP contribution in [-0.2, 0) is 0 Å². The third-order valence-corrected chi connectivity index (χ3v) is 2.08. The van der Waals surface area contributed by atoms with Crippen molar-refractivity contribution < 1.29 is 9.90 Å². The molecule has 0 unspecified atom stereocenters. The van der Waals surface area contributed by atoms with Crippen LogP contribution in [0.5, 0.6) is 0 Å². The molecule has 0 radical (unpaired) electrons. The van der Waals surface area contributed by atoms with Crippen LogP contribution in [0.1, 0.15) is 10.4 Å². The van der Waals surface area contributed by atoms with Crippen LogP contribution in [0.15, 0.2) is 18.3 Å². The van der Waals surface area contributed by atoms with E-state index in [1.807, 2.05) is 19.0 Å². The van der Waals surface area contributed by atoms with Gasteiger partial charge in [0.05, 0.1) is 0 Å². The summed E-state index contributed by atoms with van der Waals surface area (Å²) in [4.78, 5) is 16.8. The predicted octanol–water partition coefficient (Wildman–Crippen LogP) is 0.435. The van der Waals surface area contributed by atoms with Gasteiger partial charge in [0.25, 0.3) is 0 Å². The molecule has 1 rings (SSSR count). The number of anilines is 1. The van der Waals surface area contributed by atoms with Crippen molar-refractivity contribution in [3.8, 4) is 0 Å². The highest BCUT2D eigenvalue weighted by atomic mass is 16.4. The minimum Gasteiger partial charge on any atom is -0.478 e. The molecule has 0 aliphatic carbocycles. The van der Waals surface area contributed by atoms with Crippen molar-refractivity contribution in [3.63, 3.8) is 0 Å². The fraction of sp³-hybridized carbons (Fsp3) is 0.400. The molecule has 2 N–H and O–H groups in total. The Hall–Kier alpha value is -1.62. The van der Waals surface area contributed by atoms with Gasteiger partial charge < -0.3 is 15.3 Å². The number of nitrogens with zero attached hydrogens (tertiary/aromatic N) is 2. The van der Waals surface area contributed by atoms with E-state index in [0.29, 0.717) is 12.4 Å². The molecule has 1 heterocycles. The fourth-order valence-corrected chi connectivity index (χ4v) is 1.25. The van der Waals surface area contributed by atoms with E-state index in [2.05, 4.69) is 10.3 Å². The number of nitrogens with one attached hydrogen (secondary N) is 1. The molecule has 15 heavy (non-hydrogen) atoms. The molecule has 0 saturated carbocycles. The summed E-state index contributed by atoms with van der Waals surface area (Å²) in [5, 5.41) is 12.0. The number of likely N-dealkylation sites (N-methyl/N-ethyl adjacent to an activating group) is 2. The minimum absolute atomic E-state index is 0.233. The Kier molecular flexibility index (Phi) is 4.05. The first-order chi connectivity index (χ1) is 7.16. The highest BCUT2D eigenvalue weighted by Gasteiger charge is 2.13. The molecule has 1 aromatic rings. The van der Waals surface area contributed by atoms with Crippen LogP contribution >= 0.6 is 0 Å². The van der Waals surface area contributed by atoms with Crippen LogP contribution < -0.4 is 10.2 Å². The van der Waals surface area contributed by atoms with Crippen molar-refractivity contribution in [1.29, 1.82) is 0 Å². The van der Waals surface area contributed by atoms with E-state index < -0.39 is 5.97 Å². The number of aromatic nitrogens is 1. The van der Waals surface area contributed by atoms with E-state index in [-0.39, 0.29) is 5.56 Å². The highest BCUT2D eigenvalue weighted by Crippen LogP contribution is 2.14. The molecule has 1 aromatic heterocycles. The molecule has 5 heteroatoms.